The molecular weight excluding hydrogens is 232 g/mol. The number of ether oxygens (including phenoxy) is 1. The summed E-state index contributed by atoms with van der Waals surface area (Å²) < 4.78 is 5.30. The molecule has 0 bridgehead atoms. The van der Waals surface area contributed by atoms with Crippen molar-refractivity contribution in [1.29, 1.82) is 0 Å². The summed E-state index contributed by atoms with van der Waals surface area (Å²) >= 11 is 0. The van der Waals surface area contributed by atoms with Gasteiger partial charge < -0.3 is 15.0 Å². The lowest BCUT2D eigenvalue weighted by atomic mass is 9.96. The average Bonchev–Trinajstić information content (AvgIpc) is 2.78. The summed E-state index contributed by atoms with van der Waals surface area (Å²) in [5.41, 5.74) is -0.611. The predicted molar refractivity (Wildman–Crippen MR) is 67.0 cm³/mol. The molecular formula is C13H22N2O3. The van der Waals surface area contributed by atoms with Gasteiger partial charge in [0.05, 0.1) is 6.61 Å². The lowest BCUT2D eigenvalue weighted by molar-refractivity contribution is -0.139. The quantitative estimate of drug-likeness (QED) is 0.751. The Balaban J connectivity index is 2.06. The molecule has 18 heavy (non-hydrogen) atoms. The number of nitrogens with one attached hydrogen (secondary N) is 1. The van der Waals surface area contributed by atoms with Crippen LogP contribution in [0.4, 0.5) is 0 Å². The van der Waals surface area contributed by atoms with Crippen LogP contribution in [0.1, 0.15) is 39.0 Å². The molecule has 1 saturated heterocycles. The van der Waals surface area contributed by atoms with Crippen LogP contribution in [0.2, 0.25) is 0 Å². The summed E-state index contributed by atoms with van der Waals surface area (Å²) in [7, 11) is 0. The van der Waals surface area contributed by atoms with E-state index in [-0.39, 0.29) is 11.8 Å². The predicted octanol–water partition coefficient (Wildman–Crippen LogP) is 0.684. The maximum atomic E-state index is 12.6. The van der Waals surface area contributed by atoms with Gasteiger partial charge in [0, 0.05) is 26.1 Å². The molecule has 0 aromatic carbocycles. The van der Waals surface area contributed by atoms with Gasteiger partial charge in [0.25, 0.3) is 0 Å². The first kappa shape index (κ1) is 13.3. The molecule has 1 aliphatic heterocycles. The van der Waals surface area contributed by atoms with Crippen molar-refractivity contribution in [3.05, 3.63) is 0 Å². The van der Waals surface area contributed by atoms with Crippen LogP contribution in [0.5, 0.6) is 0 Å². The van der Waals surface area contributed by atoms with Crippen LogP contribution in [0.3, 0.4) is 0 Å². The van der Waals surface area contributed by atoms with Crippen molar-refractivity contribution < 1.29 is 14.3 Å². The summed E-state index contributed by atoms with van der Waals surface area (Å²) in [6.45, 7) is 4.24. The normalized spacial score (nSPS) is 23.3. The Hall–Kier alpha value is -1.10. The van der Waals surface area contributed by atoms with Crippen LogP contribution in [-0.4, -0.2) is 48.6 Å². The van der Waals surface area contributed by atoms with Gasteiger partial charge in [-0.15, -0.1) is 0 Å². The lowest BCUT2D eigenvalue weighted by Gasteiger charge is -2.31. The summed E-state index contributed by atoms with van der Waals surface area (Å²) in [5, 5.41) is 2.95. The van der Waals surface area contributed by atoms with Gasteiger partial charge in [-0.25, -0.2) is 0 Å². The van der Waals surface area contributed by atoms with Crippen molar-refractivity contribution in [3.8, 4) is 0 Å². The number of nitrogens with zero attached hydrogens (tertiary/aromatic N) is 1. The molecule has 0 aromatic rings. The minimum Gasteiger partial charge on any atom is -0.380 e. The van der Waals surface area contributed by atoms with E-state index in [0.717, 1.165) is 25.7 Å². The van der Waals surface area contributed by atoms with E-state index in [0.29, 0.717) is 32.7 Å². The van der Waals surface area contributed by atoms with E-state index in [1.165, 1.54) is 0 Å². The van der Waals surface area contributed by atoms with Crippen LogP contribution in [0.25, 0.3) is 0 Å². The number of carbonyl (C=O) groups is 2. The van der Waals surface area contributed by atoms with Crippen molar-refractivity contribution in [2.75, 3.05) is 26.3 Å². The minimum atomic E-state index is -0.611. The Morgan fingerprint density at radius 3 is 2.72 bits per heavy atom. The molecule has 2 fully saturated rings. The molecule has 0 radical (unpaired) electrons. The highest BCUT2D eigenvalue weighted by Gasteiger charge is 2.46. The van der Waals surface area contributed by atoms with Crippen molar-refractivity contribution in [2.24, 2.45) is 0 Å². The Labute approximate surface area is 108 Å². The monoisotopic (exact) mass is 254 g/mol. The number of carbonyl (C=O) groups excluding carboxylic acids is 2. The summed E-state index contributed by atoms with van der Waals surface area (Å²) in [4.78, 5) is 26.1. The highest BCUT2D eigenvalue weighted by Crippen LogP contribution is 2.32. The Morgan fingerprint density at radius 1 is 1.33 bits per heavy atom. The average molecular weight is 254 g/mol. The number of hydrogen-bond acceptors (Lipinski definition) is 3. The van der Waals surface area contributed by atoms with Gasteiger partial charge in [-0.2, -0.15) is 0 Å². The second kappa shape index (κ2) is 5.69. The topological polar surface area (TPSA) is 58.6 Å². The van der Waals surface area contributed by atoms with Crippen LogP contribution in [-0.2, 0) is 14.3 Å². The van der Waals surface area contributed by atoms with Crippen molar-refractivity contribution in [3.63, 3.8) is 0 Å². The third-order valence-corrected chi connectivity index (χ3v) is 3.85. The molecule has 0 unspecified atom stereocenters. The molecule has 1 spiro atoms. The fourth-order valence-corrected chi connectivity index (χ4v) is 2.87. The first-order valence-electron chi connectivity index (χ1n) is 6.86. The largest absolute Gasteiger partial charge is 0.380 e. The van der Waals surface area contributed by atoms with E-state index < -0.39 is 5.54 Å². The van der Waals surface area contributed by atoms with Gasteiger partial charge in [0.15, 0.2) is 0 Å². The van der Waals surface area contributed by atoms with Gasteiger partial charge in [0.1, 0.15) is 5.54 Å². The molecule has 0 atom stereocenters. The smallest absolute Gasteiger partial charge is 0.248 e. The van der Waals surface area contributed by atoms with Gasteiger partial charge in [0.2, 0.25) is 11.8 Å². The van der Waals surface area contributed by atoms with Gasteiger partial charge in [-0.05, 0) is 19.8 Å². The molecule has 1 aliphatic carbocycles. The summed E-state index contributed by atoms with van der Waals surface area (Å²) in [6, 6.07) is 0. The second-order valence-corrected chi connectivity index (χ2v) is 5.08. The fraction of sp³-hybridized carbons (Fsp3) is 0.846. The summed E-state index contributed by atoms with van der Waals surface area (Å²) in [6.07, 6.45) is 4.00. The zero-order chi connectivity index (χ0) is 13.0. The van der Waals surface area contributed by atoms with Crippen molar-refractivity contribution in [2.45, 2.75) is 44.6 Å². The molecule has 102 valence electrons. The first-order chi connectivity index (χ1) is 8.68. The molecule has 2 rings (SSSR count). The standard InChI is InChI=1S/C13H22N2O3/c1-2-18-10-9-15-8-5-11(16)14-13(12(15)17)6-3-4-7-13/h2-10H2,1H3,(H,14,16). The van der Waals surface area contributed by atoms with Crippen molar-refractivity contribution >= 4 is 11.8 Å². The fourth-order valence-electron chi connectivity index (χ4n) is 2.87. The van der Waals surface area contributed by atoms with Gasteiger partial charge in [-0.3, -0.25) is 9.59 Å². The van der Waals surface area contributed by atoms with Crippen molar-refractivity contribution in [1.82, 2.24) is 10.2 Å². The van der Waals surface area contributed by atoms with Crippen LogP contribution >= 0.6 is 0 Å². The number of amides is 2. The van der Waals surface area contributed by atoms with E-state index in [1.807, 2.05) is 6.92 Å². The summed E-state index contributed by atoms with van der Waals surface area (Å²) in [5.74, 6) is 0.0923. The van der Waals surface area contributed by atoms with Gasteiger partial charge in [-0.1, -0.05) is 12.8 Å². The Kier molecular flexibility index (Phi) is 4.22. The van der Waals surface area contributed by atoms with Crippen LogP contribution in [0, 0.1) is 0 Å². The zero-order valence-corrected chi connectivity index (χ0v) is 11.0. The second-order valence-electron chi connectivity index (χ2n) is 5.08. The highest BCUT2D eigenvalue weighted by atomic mass is 16.5. The maximum Gasteiger partial charge on any atom is 0.248 e. The van der Waals surface area contributed by atoms with E-state index in [9.17, 15) is 9.59 Å². The zero-order valence-electron chi connectivity index (χ0n) is 11.0. The number of hydrogen-bond donors (Lipinski definition) is 1. The first-order valence-corrected chi connectivity index (χ1v) is 6.86. The minimum absolute atomic E-state index is 0.00385. The molecule has 1 N–H and O–H groups in total. The van der Waals surface area contributed by atoms with Crippen LogP contribution in [0.15, 0.2) is 0 Å². The van der Waals surface area contributed by atoms with Crippen LogP contribution < -0.4 is 5.32 Å². The lowest BCUT2D eigenvalue weighted by Crippen LogP contribution is -2.55. The molecule has 2 aliphatic rings. The van der Waals surface area contributed by atoms with E-state index in [4.69, 9.17) is 4.74 Å². The molecule has 1 heterocycles. The maximum absolute atomic E-state index is 12.6. The number of rotatable bonds is 4. The van der Waals surface area contributed by atoms with E-state index in [2.05, 4.69) is 5.32 Å². The molecule has 5 heteroatoms. The molecule has 5 nitrogen and oxygen atoms in total. The Bertz CT molecular complexity index is 324. The molecule has 0 aromatic heterocycles. The molecule has 2 amide bonds. The molecule has 1 saturated carbocycles. The highest BCUT2D eigenvalue weighted by molar-refractivity contribution is 5.93. The Morgan fingerprint density at radius 2 is 2.06 bits per heavy atom. The van der Waals surface area contributed by atoms with Gasteiger partial charge >= 0.3 is 0 Å². The third-order valence-electron chi connectivity index (χ3n) is 3.85. The van der Waals surface area contributed by atoms with E-state index in [1.54, 1.807) is 4.90 Å². The van der Waals surface area contributed by atoms with E-state index >= 15 is 0 Å². The third kappa shape index (κ3) is 2.66. The SMILES string of the molecule is CCOCCN1CCC(=O)NC2(CCCC2)C1=O.